The number of nitrogens with zero attached hydrogens (tertiary/aromatic N) is 2. The summed E-state index contributed by atoms with van der Waals surface area (Å²) in [6.45, 7) is 12.0. The van der Waals surface area contributed by atoms with E-state index >= 15 is 0 Å². The third kappa shape index (κ3) is 4.73. The lowest BCUT2D eigenvalue weighted by atomic mass is 10.0. The van der Waals surface area contributed by atoms with Crippen molar-refractivity contribution in [2.24, 2.45) is 13.0 Å². The average Bonchev–Trinajstić information content (AvgIpc) is 2.43. The molecule has 0 radical (unpaired) electrons. The summed E-state index contributed by atoms with van der Waals surface area (Å²) >= 11 is 3.63. The van der Waals surface area contributed by atoms with Crippen LogP contribution in [0.3, 0.4) is 0 Å². The van der Waals surface area contributed by atoms with Crippen LogP contribution in [0.25, 0.3) is 0 Å². The zero-order valence-electron chi connectivity index (χ0n) is 12.5. The topological polar surface area (TPSA) is 29.9 Å². The van der Waals surface area contributed by atoms with Crippen LogP contribution in [-0.4, -0.2) is 21.9 Å². The molecule has 0 amide bonds. The third-order valence-corrected chi connectivity index (χ3v) is 4.13. The average molecular weight is 316 g/mol. The number of rotatable bonds is 5. The van der Waals surface area contributed by atoms with E-state index in [1.54, 1.807) is 0 Å². The molecule has 0 saturated heterocycles. The smallest absolute Gasteiger partial charge is 0.0738 e. The van der Waals surface area contributed by atoms with Gasteiger partial charge in [0.1, 0.15) is 0 Å². The second-order valence-electron chi connectivity index (χ2n) is 6.24. The van der Waals surface area contributed by atoms with Crippen LogP contribution in [-0.2, 0) is 13.5 Å². The van der Waals surface area contributed by atoms with E-state index in [0.717, 1.165) is 18.7 Å². The van der Waals surface area contributed by atoms with Gasteiger partial charge in [0.2, 0.25) is 0 Å². The van der Waals surface area contributed by atoms with Crippen LogP contribution in [0.15, 0.2) is 4.47 Å². The van der Waals surface area contributed by atoms with Gasteiger partial charge in [0.25, 0.3) is 0 Å². The van der Waals surface area contributed by atoms with Crippen LogP contribution < -0.4 is 5.32 Å². The van der Waals surface area contributed by atoms with Crippen LogP contribution in [0.5, 0.6) is 0 Å². The van der Waals surface area contributed by atoms with E-state index in [2.05, 4.69) is 54.0 Å². The summed E-state index contributed by atoms with van der Waals surface area (Å²) < 4.78 is 3.16. The summed E-state index contributed by atoms with van der Waals surface area (Å²) in [7, 11) is 2.02. The van der Waals surface area contributed by atoms with Crippen molar-refractivity contribution >= 4 is 15.9 Å². The van der Waals surface area contributed by atoms with Gasteiger partial charge in [-0.15, -0.1) is 0 Å². The molecule has 1 aromatic rings. The number of hydrogen-bond acceptors (Lipinski definition) is 2. The summed E-state index contributed by atoms with van der Waals surface area (Å²) in [5, 5.41) is 7.98. The fourth-order valence-electron chi connectivity index (χ4n) is 2.03. The van der Waals surface area contributed by atoms with Crippen molar-refractivity contribution in [3.05, 3.63) is 15.9 Å². The van der Waals surface area contributed by atoms with E-state index in [9.17, 15) is 0 Å². The molecule has 1 heterocycles. The zero-order valence-corrected chi connectivity index (χ0v) is 14.1. The van der Waals surface area contributed by atoms with Gasteiger partial charge in [0.15, 0.2) is 0 Å². The van der Waals surface area contributed by atoms with Crippen molar-refractivity contribution < 1.29 is 0 Å². The number of halogens is 1. The standard InChI is InChI=1S/C14H26BrN3/c1-10(7-8-16-14(3,4)5)9-12-13(15)11(2)17-18(12)6/h10,16H,7-9H2,1-6H3. The highest BCUT2D eigenvalue weighted by Gasteiger charge is 2.15. The first kappa shape index (κ1) is 15.7. The Balaban J connectivity index is 2.47. The van der Waals surface area contributed by atoms with Gasteiger partial charge < -0.3 is 5.32 Å². The molecule has 3 nitrogen and oxygen atoms in total. The largest absolute Gasteiger partial charge is 0.312 e. The lowest BCUT2D eigenvalue weighted by molar-refractivity contribution is 0.391. The summed E-state index contributed by atoms with van der Waals surface area (Å²) in [5.41, 5.74) is 2.59. The number of nitrogens with one attached hydrogen (secondary N) is 1. The molecule has 1 aromatic heterocycles. The second kappa shape index (κ2) is 6.20. The molecule has 0 aromatic carbocycles. The maximum absolute atomic E-state index is 4.44. The van der Waals surface area contributed by atoms with Gasteiger partial charge in [-0.1, -0.05) is 6.92 Å². The maximum atomic E-state index is 4.44. The predicted octanol–water partition coefficient (Wildman–Crippen LogP) is 3.45. The van der Waals surface area contributed by atoms with Crippen LogP contribution in [0.2, 0.25) is 0 Å². The van der Waals surface area contributed by atoms with E-state index in [4.69, 9.17) is 0 Å². The molecule has 104 valence electrons. The highest BCUT2D eigenvalue weighted by molar-refractivity contribution is 9.10. The molecule has 0 aliphatic rings. The van der Waals surface area contributed by atoms with Gasteiger partial charge in [-0.05, 0) is 68.9 Å². The molecule has 0 fully saturated rings. The monoisotopic (exact) mass is 315 g/mol. The summed E-state index contributed by atoms with van der Waals surface area (Å²) in [6.07, 6.45) is 2.26. The van der Waals surface area contributed by atoms with Crippen molar-refractivity contribution in [1.29, 1.82) is 0 Å². The molecule has 4 heteroatoms. The minimum Gasteiger partial charge on any atom is -0.312 e. The van der Waals surface area contributed by atoms with E-state index < -0.39 is 0 Å². The third-order valence-electron chi connectivity index (χ3n) is 3.10. The highest BCUT2D eigenvalue weighted by atomic mass is 79.9. The molecule has 1 N–H and O–H groups in total. The Hall–Kier alpha value is -0.350. The number of hydrogen-bond donors (Lipinski definition) is 1. The molecular weight excluding hydrogens is 290 g/mol. The van der Waals surface area contributed by atoms with Gasteiger partial charge in [-0.2, -0.15) is 5.10 Å². The zero-order chi connectivity index (χ0) is 13.9. The van der Waals surface area contributed by atoms with Gasteiger partial charge in [0, 0.05) is 12.6 Å². The summed E-state index contributed by atoms with van der Waals surface area (Å²) in [6, 6.07) is 0. The van der Waals surface area contributed by atoms with Gasteiger partial charge >= 0.3 is 0 Å². The van der Waals surface area contributed by atoms with E-state index in [1.807, 2.05) is 18.7 Å². The molecule has 0 aliphatic carbocycles. The normalized spacial score (nSPS) is 13.9. The quantitative estimate of drug-likeness (QED) is 0.902. The Morgan fingerprint density at radius 1 is 1.39 bits per heavy atom. The van der Waals surface area contributed by atoms with Crippen molar-refractivity contribution in [3.63, 3.8) is 0 Å². The van der Waals surface area contributed by atoms with Gasteiger partial charge in [-0.25, -0.2) is 0 Å². The van der Waals surface area contributed by atoms with Crippen molar-refractivity contribution in [1.82, 2.24) is 15.1 Å². The second-order valence-corrected chi connectivity index (χ2v) is 7.04. The first-order valence-corrected chi connectivity index (χ1v) is 7.43. The molecule has 1 atom stereocenters. The molecule has 0 saturated carbocycles. The molecule has 0 spiro atoms. The fraction of sp³-hybridized carbons (Fsp3) is 0.786. The first-order valence-electron chi connectivity index (χ1n) is 6.63. The highest BCUT2D eigenvalue weighted by Crippen LogP contribution is 2.23. The van der Waals surface area contributed by atoms with Crippen LogP contribution >= 0.6 is 15.9 Å². The molecular formula is C14H26BrN3. The Kier molecular flexibility index (Phi) is 5.41. The molecule has 0 bridgehead atoms. The fourth-order valence-corrected chi connectivity index (χ4v) is 2.53. The molecule has 1 unspecified atom stereocenters. The molecule has 0 aliphatic heterocycles. The lowest BCUT2D eigenvalue weighted by Gasteiger charge is -2.22. The van der Waals surface area contributed by atoms with Gasteiger partial charge in [-0.3, -0.25) is 4.68 Å². The SMILES string of the molecule is Cc1nn(C)c(CC(C)CCNC(C)(C)C)c1Br. The van der Waals surface area contributed by atoms with E-state index in [1.165, 1.54) is 16.6 Å². The first-order chi connectivity index (χ1) is 8.20. The maximum Gasteiger partial charge on any atom is 0.0738 e. The van der Waals surface area contributed by atoms with E-state index in [0.29, 0.717) is 5.92 Å². The predicted molar refractivity (Wildman–Crippen MR) is 80.9 cm³/mol. The Morgan fingerprint density at radius 3 is 2.44 bits per heavy atom. The minimum absolute atomic E-state index is 0.212. The molecule has 18 heavy (non-hydrogen) atoms. The van der Waals surface area contributed by atoms with Crippen molar-refractivity contribution in [3.8, 4) is 0 Å². The lowest BCUT2D eigenvalue weighted by Crippen LogP contribution is -2.37. The number of aromatic nitrogens is 2. The van der Waals surface area contributed by atoms with Crippen LogP contribution in [0.1, 0.15) is 45.5 Å². The van der Waals surface area contributed by atoms with Gasteiger partial charge in [0.05, 0.1) is 15.9 Å². The van der Waals surface area contributed by atoms with Crippen molar-refractivity contribution in [2.75, 3.05) is 6.54 Å². The Labute approximate surface area is 119 Å². The minimum atomic E-state index is 0.212. The van der Waals surface area contributed by atoms with Crippen LogP contribution in [0, 0.1) is 12.8 Å². The van der Waals surface area contributed by atoms with Crippen molar-refractivity contribution in [2.45, 2.75) is 53.0 Å². The molecule has 1 rings (SSSR count). The summed E-state index contributed by atoms with van der Waals surface area (Å²) in [5.74, 6) is 0.658. The Bertz CT molecular complexity index is 390. The van der Waals surface area contributed by atoms with Crippen LogP contribution in [0.4, 0.5) is 0 Å². The number of aryl methyl sites for hydroxylation is 2. The Morgan fingerprint density at radius 2 is 2.00 bits per heavy atom. The van der Waals surface area contributed by atoms with E-state index in [-0.39, 0.29) is 5.54 Å². The summed E-state index contributed by atoms with van der Waals surface area (Å²) in [4.78, 5) is 0.